The molecule has 0 saturated heterocycles. The number of hydrogen-bond acceptors (Lipinski definition) is 2. The minimum atomic E-state index is -0.955. The van der Waals surface area contributed by atoms with E-state index in [1.54, 1.807) is 19.2 Å². The number of carbonyl (C=O) groups is 1. The molecule has 0 spiro atoms. The Morgan fingerprint density at radius 2 is 1.90 bits per heavy atom. The number of H-pyrrole nitrogens is 1. The number of benzene rings is 2. The van der Waals surface area contributed by atoms with Gasteiger partial charge in [-0.15, -0.1) is 0 Å². The van der Waals surface area contributed by atoms with E-state index in [-0.39, 0.29) is 5.56 Å². The van der Waals surface area contributed by atoms with E-state index >= 15 is 0 Å². The Morgan fingerprint density at radius 1 is 1.15 bits per heavy atom. The molecular formula is C16H13NO3. The predicted octanol–water partition coefficient (Wildman–Crippen LogP) is 3.54. The Labute approximate surface area is 115 Å². The molecule has 0 bridgehead atoms. The number of aromatic carboxylic acids is 1. The van der Waals surface area contributed by atoms with Gasteiger partial charge in [-0.3, -0.25) is 0 Å². The molecule has 20 heavy (non-hydrogen) atoms. The van der Waals surface area contributed by atoms with Crippen LogP contribution in [0, 0.1) is 0 Å². The van der Waals surface area contributed by atoms with Gasteiger partial charge in [0.15, 0.2) is 0 Å². The van der Waals surface area contributed by atoms with Crippen molar-refractivity contribution in [1.82, 2.24) is 4.98 Å². The summed E-state index contributed by atoms with van der Waals surface area (Å²) in [6.45, 7) is 0. The zero-order valence-electron chi connectivity index (χ0n) is 10.9. The van der Waals surface area contributed by atoms with Crippen molar-refractivity contribution in [1.29, 1.82) is 0 Å². The summed E-state index contributed by atoms with van der Waals surface area (Å²) in [6.07, 6.45) is 0. The van der Waals surface area contributed by atoms with Crippen LogP contribution in [0.25, 0.3) is 22.2 Å². The van der Waals surface area contributed by atoms with Crippen molar-refractivity contribution in [2.75, 3.05) is 7.11 Å². The topological polar surface area (TPSA) is 62.3 Å². The average molecular weight is 267 g/mol. The summed E-state index contributed by atoms with van der Waals surface area (Å²) in [4.78, 5) is 14.8. The maximum Gasteiger partial charge on any atom is 0.338 e. The van der Waals surface area contributed by atoms with E-state index in [2.05, 4.69) is 4.98 Å². The molecular weight excluding hydrogens is 254 g/mol. The largest absolute Gasteiger partial charge is 0.497 e. The van der Waals surface area contributed by atoms with Gasteiger partial charge in [0, 0.05) is 10.9 Å². The summed E-state index contributed by atoms with van der Waals surface area (Å²) in [5, 5.41) is 10.2. The standard InChI is InChI=1S/C16H13NO3/c1-20-11-7-8-13-12(9-11)14(16(18)19)15(17-13)10-5-3-2-4-6-10/h2-9,17H,1H3,(H,18,19). The number of ether oxygens (including phenoxy) is 1. The summed E-state index contributed by atoms with van der Waals surface area (Å²) in [7, 11) is 1.56. The second-order valence-electron chi connectivity index (χ2n) is 4.46. The molecule has 1 heterocycles. The third-order valence-corrected chi connectivity index (χ3v) is 3.28. The SMILES string of the molecule is COc1ccc2[nH]c(-c3ccccc3)c(C(=O)O)c2c1. The highest BCUT2D eigenvalue weighted by molar-refractivity contribution is 6.09. The molecule has 0 aliphatic rings. The van der Waals surface area contributed by atoms with Crippen molar-refractivity contribution in [2.45, 2.75) is 0 Å². The minimum Gasteiger partial charge on any atom is -0.497 e. The summed E-state index contributed by atoms with van der Waals surface area (Å²) in [6, 6.07) is 14.8. The fourth-order valence-corrected chi connectivity index (χ4v) is 2.34. The van der Waals surface area contributed by atoms with Crippen LogP contribution >= 0.6 is 0 Å². The van der Waals surface area contributed by atoms with Crippen molar-refractivity contribution in [3.63, 3.8) is 0 Å². The van der Waals surface area contributed by atoms with E-state index in [9.17, 15) is 9.90 Å². The fourth-order valence-electron chi connectivity index (χ4n) is 2.34. The van der Waals surface area contributed by atoms with E-state index < -0.39 is 5.97 Å². The van der Waals surface area contributed by atoms with Crippen molar-refractivity contribution >= 4 is 16.9 Å². The summed E-state index contributed by atoms with van der Waals surface area (Å²) < 4.78 is 5.17. The average Bonchev–Trinajstić information content (AvgIpc) is 2.86. The van der Waals surface area contributed by atoms with Gasteiger partial charge in [-0.25, -0.2) is 4.79 Å². The molecule has 1 aromatic heterocycles. The van der Waals surface area contributed by atoms with Gasteiger partial charge in [-0.1, -0.05) is 30.3 Å². The molecule has 3 aromatic rings. The lowest BCUT2D eigenvalue weighted by Crippen LogP contribution is -1.97. The van der Waals surface area contributed by atoms with Crippen molar-refractivity contribution < 1.29 is 14.6 Å². The predicted molar refractivity (Wildman–Crippen MR) is 77.2 cm³/mol. The van der Waals surface area contributed by atoms with Gasteiger partial charge >= 0.3 is 5.97 Å². The summed E-state index contributed by atoms with van der Waals surface area (Å²) in [5.74, 6) is -0.318. The molecule has 0 atom stereocenters. The monoisotopic (exact) mass is 267 g/mol. The van der Waals surface area contributed by atoms with Crippen molar-refractivity contribution in [3.8, 4) is 17.0 Å². The zero-order valence-corrected chi connectivity index (χ0v) is 10.9. The third kappa shape index (κ3) is 1.91. The van der Waals surface area contributed by atoms with E-state index in [1.165, 1.54) is 0 Å². The van der Waals surface area contributed by atoms with Crippen LogP contribution in [0.3, 0.4) is 0 Å². The maximum absolute atomic E-state index is 11.6. The molecule has 100 valence electrons. The van der Waals surface area contributed by atoms with Gasteiger partial charge in [0.25, 0.3) is 0 Å². The minimum absolute atomic E-state index is 0.269. The van der Waals surface area contributed by atoms with Gasteiger partial charge in [-0.05, 0) is 23.8 Å². The van der Waals surface area contributed by atoms with Gasteiger partial charge < -0.3 is 14.8 Å². The van der Waals surface area contributed by atoms with Crippen LogP contribution in [0.1, 0.15) is 10.4 Å². The lowest BCUT2D eigenvalue weighted by molar-refractivity contribution is 0.0700. The number of fused-ring (bicyclic) bond motifs is 1. The number of nitrogens with one attached hydrogen (secondary N) is 1. The first-order valence-electron chi connectivity index (χ1n) is 6.19. The molecule has 2 N–H and O–H groups in total. The lowest BCUT2D eigenvalue weighted by Gasteiger charge is -2.01. The number of hydrogen-bond donors (Lipinski definition) is 2. The molecule has 0 fully saturated rings. The highest BCUT2D eigenvalue weighted by atomic mass is 16.5. The van der Waals surface area contributed by atoms with E-state index in [4.69, 9.17) is 4.74 Å². The summed E-state index contributed by atoms with van der Waals surface area (Å²) >= 11 is 0. The number of carboxylic acids is 1. The molecule has 0 amide bonds. The first kappa shape index (κ1) is 12.3. The number of carboxylic acid groups (broad SMARTS) is 1. The van der Waals surface area contributed by atoms with Crippen LogP contribution in [-0.2, 0) is 0 Å². The van der Waals surface area contributed by atoms with Gasteiger partial charge in [0.2, 0.25) is 0 Å². The highest BCUT2D eigenvalue weighted by Gasteiger charge is 2.19. The number of methoxy groups -OCH3 is 1. The molecule has 0 radical (unpaired) electrons. The normalized spacial score (nSPS) is 10.7. The highest BCUT2D eigenvalue weighted by Crippen LogP contribution is 2.32. The van der Waals surface area contributed by atoms with Crippen LogP contribution in [0.2, 0.25) is 0 Å². The molecule has 0 saturated carbocycles. The Hall–Kier alpha value is -2.75. The van der Waals surface area contributed by atoms with Crippen LogP contribution in [0.5, 0.6) is 5.75 Å². The van der Waals surface area contributed by atoms with Gasteiger partial charge in [0.05, 0.1) is 18.4 Å². The Balaban J connectivity index is 2.32. The first-order valence-corrected chi connectivity index (χ1v) is 6.19. The first-order chi connectivity index (χ1) is 9.70. The number of rotatable bonds is 3. The van der Waals surface area contributed by atoms with E-state index in [1.807, 2.05) is 36.4 Å². The molecule has 2 aromatic carbocycles. The lowest BCUT2D eigenvalue weighted by atomic mass is 10.1. The van der Waals surface area contributed by atoms with Crippen LogP contribution < -0.4 is 4.74 Å². The molecule has 4 heteroatoms. The van der Waals surface area contributed by atoms with E-state index in [0.29, 0.717) is 16.8 Å². The Kier molecular flexibility index (Phi) is 2.91. The number of aromatic amines is 1. The number of aromatic nitrogens is 1. The van der Waals surface area contributed by atoms with Crippen molar-refractivity contribution in [2.24, 2.45) is 0 Å². The fraction of sp³-hybridized carbons (Fsp3) is 0.0625. The summed E-state index contributed by atoms with van der Waals surface area (Å²) in [5.41, 5.74) is 2.51. The third-order valence-electron chi connectivity index (χ3n) is 3.28. The maximum atomic E-state index is 11.6. The van der Waals surface area contributed by atoms with Crippen LogP contribution in [0.4, 0.5) is 0 Å². The molecule has 0 aliphatic carbocycles. The van der Waals surface area contributed by atoms with Gasteiger partial charge in [0.1, 0.15) is 5.75 Å². The van der Waals surface area contributed by atoms with Gasteiger partial charge in [-0.2, -0.15) is 0 Å². The molecule has 0 aliphatic heterocycles. The smallest absolute Gasteiger partial charge is 0.338 e. The van der Waals surface area contributed by atoms with Crippen molar-refractivity contribution in [3.05, 3.63) is 54.1 Å². The van der Waals surface area contributed by atoms with E-state index in [0.717, 1.165) is 11.1 Å². The second-order valence-corrected chi connectivity index (χ2v) is 4.46. The Morgan fingerprint density at radius 3 is 2.55 bits per heavy atom. The molecule has 3 rings (SSSR count). The molecule has 4 nitrogen and oxygen atoms in total. The molecule has 0 unspecified atom stereocenters. The van der Waals surface area contributed by atoms with Crippen LogP contribution in [-0.4, -0.2) is 23.2 Å². The van der Waals surface area contributed by atoms with Crippen LogP contribution in [0.15, 0.2) is 48.5 Å². The second kappa shape index (κ2) is 4.74. The Bertz CT molecular complexity index is 775. The quantitative estimate of drug-likeness (QED) is 0.763. The zero-order chi connectivity index (χ0) is 14.1.